The van der Waals surface area contributed by atoms with Gasteiger partial charge in [-0.3, -0.25) is 9.59 Å². The lowest BCUT2D eigenvalue weighted by Gasteiger charge is -2.31. The highest BCUT2D eigenvalue weighted by Gasteiger charge is 2.30. The summed E-state index contributed by atoms with van der Waals surface area (Å²) in [4.78, 5) is 26.6. The average Bonchev–Trinajstić information content (AvgIpc) is 2.69. The van der Waals surface area contributed by atoms with Crippen LogP contribution in [0, 0.1) is 23.1 Å². The Morgan fingerprint density at radius 2 is 1.96 bits per heavy atom. The monoisotopic (exact) mass is 386 g/mol. The van der Waals surface area contributed by atoms with E-state index in [2.05, 4.69) is 0 Å². The van der Waals surface area contributed by atoms with Crippen molar-refractivity contribution in [1.29, 1.82) is 5.26 Å². The van der Waals surface area contributed by atoms with Gasteiger partial charge in [-0.25, -0.2) is 4.39 Å². The standard InChI is InChI=1S/C20H16ClFN2O3/c21-17-10-13(11-23)3-8-18(17)27-20(26)15-2-1-9-24(12-15)19(25)14-4-6-16(22)7-5-14/h3-8,10,15H,1-2,9,12H2. The van der Waals surface area contributed by atoms with Crippen LogP contribution in [-0.4, -0.2) is 29.9 Å². The van der Waals surface area contributed by atoms with Crippen molar-refractivity contribution >= 4 is 23.5 Å². The van der Waals surface area contributed by atoms with Gasteiger partial charge in [0.25, 0.3) is 5.91 Å². The summed E-state index contributed by atoms with van der Waals surface area (Å²) < 4.78 is 18.4. The van der Waals surface area contributed by atoms with Crippen molar-refractivity contribution in [2.75, 3.05) is 13.1 Å². The molecule has 1 aliphatic rings. The van der Waals surface area contributed by atoms with Crippen LogP contribution in [0.5, 0.6) is 5.75 Å². The molecule has 1 saturated heterocycles. The molecule has 0 spiro atoms. The van der Waals surface area contributed by atoms with E-state index in [1.165, 1.54) is 42.5 Å². The number of piperidine rings is 1. The lowest BCUT2D eigenvalue weighted by molar-refractivity contribution is -0.140. The molecule has 2 aromatic rings. The highest BCUT2D eigenvalue weighted by molar-refractivity contribution is 6.32. The van der Waals surface area contributed by atoms with E-state index in [-0.39, 0.29) is 23.2 Å². The Balaban J connectivity index is 1.67. The van der Waals surface area contributed by atoms with Gasteiger partial charge in [-0.05, 0) is 55.3 Å². The van der Waals surface area contributed by atoms with Gasteiger partial charge in [-0.15, -0.1) is 0 Å². The molecule has 0 aromatic heterocycles. The van der Waals surface area contributed by atoms with E-state index >= 15 is 0 Å². The number of ether oxygens (including phenoxy) is 1. The smallest absolute Gasteiger partial charge is 0.316 e. The third kappa shape index (κ3) is 4.44. The Hall–Kier alpha value is -2.91. The predicted octanol–water partition coefficient (Wildman–Crippen LogP) is 3.81. The third-order valence-corrected chi connectivity index (χ3v) is 4.70. The van der Waals surface area contributed by atoms with Crippen LogP contribution in [0.1, 0.15) is 28.8 Å². The van der Waals surface area contributed by atoms with Gasteiger partial charge in [-0.1, -0.05) is 11.6 Å². The first-order valence-electron chi connectivity index (χ1n) is 8.44. The fraction of sp³-hybridized carbons (Fsp3) is 0.250. The maximum absolute atomic E-state index is 13.0. The molecule has 0 aliphatic carbocycles. The number of carbonyl (C=O) groups excluding carboxylic acids is 2. The molecule has 2 aromatic carbocycles. The van der Waals surface area contributed by atoms with E-state index < -0.39 is 17.7 Å². The second-order valence-corrected chi connectivity index (χ2v) is 6.68. The highest BCUT2D eigenvalue weighted by Crippen LogP contribution is 2.27. The zero-order valence-electron chi connectivity index (χ0n) is 14.3. The summed E-state index contributed by atoms with van der Waals surface area (Å²) in [6.07, 6.45) is 1.26. The van der Waals surface area contributed by atoms with E-state index in [4.69, 9.17) is 21.6 Å². The van der Waals surface area contributed by atoms with E-state index in [0.717, 1.165) is 0 Å². The number of amides is 1. The SMILES string of the molecule is N#Cc1ccc(OC(=O)C2CCCN(C(=O)c3ccc(F)cc3)C2)c(Cl)c1. The van der Waals surface area contributed by atoms with Crippen molar-refractivity contribution in [2.45, 2.75) is 12.8 Å². The Bertz CT molecular complexity index is 908. The first-order chi connectivity index (χ1) is 13.0. The predicted molar refractivity (Wildman–Crippen MR) is 96.8 cm³/mol. The first kappa shape index (κ1) is 18.9. The van der Waals surface area contributed by atoms with Gasteiger partial charge in [0.15, 0.2) is 0 Å². The molecule has 5 nitrogen and oxygen atoms in total. The van der Waals surface area contributed by atoms with Gasteiger partial charge in [0.05, 0.1) is 22.6 Å². The Morgan fingerprint density at radius 1 is 1.22 bits per heavy atom. The molecular formula is C20H16ClFN2O3. The van der Waals surface area contributed by atoms with E-state index in [0.29, 0.717) is 30.5 Å². The highest BCUT2D eigenvalue weighted by atomic mass is 35.5. The number of halogens is 2. The number of rotatable bonds is 3. The maximum atomic E-state index is 13.0. The molecule has 1 fully saturated rings. The van der Waals surface area contributed by atoms with E-state index in [1.54, 1.807) is 4.90 Å². The van der Waals surface area contributed by atoms with Crippen molar-refractivity contribution in [3.8, 4) is 11.8 Å². The number of carbonyl (C=O) groups is 2. The topological polar surface area (TPSA) is 70.4 Å². The van der Waals surface area contributed by atoms with Crippen molar-refractivity contribution in [1.82, 2.24) is 4.90 Å². The van der Waals surface area contributed by atoms with Crippen LogP contribution in [0.3, 0.4) is 0 Å². The van der Waals surface area contributed by atoms with Gasteiger partial charge in [-0.2, -0.15) is 5.26 Å². The van der Waals surface area contributed by atoms with E-state index in [1.807, 2.05) is 6.07 Å². The number of hydrogen-bond acceptors (Lipinski definition) is 4. The normalized spacial score (nSPS) is 16.5. The molecule has 3 rings (SSSR count). The summed E-state index contributed by atoms with van der Waals surface area (Å²) >= 11 is 6.04. The summed E-state index contributed by atoms with van der Waals surface area (Å²) in [6.45, 7) is 0.751. The summed E-state index contributed by atoms with van der Waals surface area (Å²) in [7, 11) is 0. The molecule has 1 atom stereocenters. The zero-order chi connectivity index (χ0) is 19.4. The van der Waals surface area contributed by atoms with Crippen LogP contribution < -0.4 is 4.74 Å². The summed E-state index contributed by atoms with van der Waals surface area (Å²) in [5, 5.41) is 9.03. The molecule has 27 heavy (non-hydrogen) atoms. The molecule has 0 saturated carbocycles. The average molecular weight is 387 g/mol. The van der Waals surface area contributed by atoms with Gasteiger partial charge in [0.1, 0.15) is 11.6 Å². The van der Waals surface area contributed by atoms with Crippen LogP contribution in [0.25, 0.3) is 0 Å². The van der Waals surface area contributed by atoms with Crippen molar-refractivity contribution in [2.24, 2.45) is 5.92 Å². The Kier molecular flexibility index (Phi) is 5.72. The van der Waals surface area contributed by atoms with Crippen LogP contribution in [-0.2, 0) is 4.79 Å². The Labute approximate surface area is 160 Å². The van der Waals surface area contributed by atoms with Crippen LogP contribution in [0.2, 0.25) is 5.02 Å². The number of esters is 1. The van der Waals surface area contributed by atoms with Crippen molar-refractivity contribution in [3.05, 3.63) is 64.4 Å². The van der Waals surface area contributed by atoms with Crippen LogP contribution >= 0.6 is 11.6 Å². The third-order valence-electron chi connectivity index (χ3n) is 4.40. The minimum Gasteiger partial charge on any atom is -0.425 e. The first-order valence-corrected chi connectivity index (χ1v) is 8.82. The lowest BCUT2D eigenvalue weighted by atomic mass is 9.97. The molecule has 0 radical (unpaired) electrons. The maximum Gasteiger partial charge on any atom is 0.316 e. The molecule has 1 unspecified atom stereocenters. The molecule has 1 heterocycles. The van der Waals surface area contributed by atoms with Crippen LogP contribution in [0.15, 0.2) is 42.5 Å². The summed E-state index contributed by atoms with van der Waals surface area (Å²) in [5.41, 5.74) is 0.745. The van der Waals surface area contributed by atoms with Gasteiger partial charge < -0.3 is 9.64 Å². The number of hydrogen-bond donors (Lipinski definition) is 0. The second-order valence-electron chi connectivity index (χ2n) is 6.28. The quantitative estimate of drug-likeness (QED) is 0.594. The van der Waals surface area contributed by atoms with E-state index in [9.17, 15) is 14.0 Å². The molecule has 0 bridgehead atoms. The zero-order valence-corrected chi connectivity index (χ0v) is 15.1. The Morgan fingerprint density at radius 3 is 2.63 bits per heavy atom. The van der Waals surface area contributed by atoms with Crippen molar-refractivity contribution in [3.63, 3.8) is 0 Å². The number of benzene rings is 2. The number of nitriles is 1. The van der Waals surface area contributed by atoms with Crippen molar-refractivity contribution < 1.29 is 18.7 Å². The largest absolute Gasteiger partial charge is 0.425 e. The van der Waals surface area contributed by atoms with Crippen LogP contribution in [0.4, 0.5) is 4.39 Å². The lowest BCUT2D eigenvalue weighted by Crippen LogP contribution is -2.43. The fourth-order valence-electron chi connectivity index (χ4n) is 2.97. The van der Waals surface area contributed by atoms with Gasteiger partial charge in [0, 0.05) is 18.7 Å². The molecular weight excluding hydrogens is 371 g/mol. The van der Waals surface area contributed by atoms with Gasteiger partial charge in [0.2, 0.25) is 0 Å². The minimum atomic E-state index is -0.477. The number of nitrogens with zero attached hydrogens (tertiary/aromatic N) is 2. The minimum absolute atomic E-state index is 0.178. The molecule has 1 aliphatic heterocycles. The summed E-state index contributed by atoms with van der Waals surface area (Å²) in [5.74, 6) is -1.43. The molecule has 0 N–H and O–H groups in total. The number of likely N-dealkylation sites (tertiary alicyclic amines) is 1. The molecule has 7 heteroatoms. The molecule has 1 amide bonds. The molecule has 138 valence electrons. The fourth-order valence-corrected chi connectivity index (χ4v) is 3.19. The summed E-state index contributed by atoms with van der Waals surface area (Å²) in [6, 6.07) is 11.7. The van der Waals surface area contributed by atoms with Gasteiger partial charge >= 0.3 is 5.97 Å². The second kappa shape index (κ2) is 8.19.